The van der Waals surface area contributed by atoms with E-state index in [0.717, 1.165) is 25.9 Å². The summed E-state index contributed by atoms with van der Waals surface area (Å²) < 4.78 is 6.04. The highest BCUT2D eigenvalue weighted by Gasteiger charge is 2.36. The van der Waals surface area contributed by atoms with Gasteiger partial charge < -0.3 is 9.53 Å². The molecule has 0 aliphatic carbocycles. The Morgan fingerprint density at radius 2 is 1.56 bits per heavy atom. The van der Waals surface area contributed by atoms with E-state index in [4.69, 9.17) is 9.53 Å². The van der Waals surface area contributed by atoms with Crippen molar-refractivity contribution in [2.45, 2.75) is 58.2 Å². The van der Waals surface area contributed by atoms with Crippen LogP contribution in [0, 0.1) is 0 Å². The Kier molecular flexibility index (Phi) is 8.49. The fourth-order valence-corrected chi connectivity index (χ4v) is 2.15. The Bertz CT molecular complexity index is 262. The Morgan fingerprint density at radius 1 is 1.00 bits per heavy atom. The lowest BCUT2D eigenvalue weighted by atomic mass is 10.2. The minimum atomic E-state index is -1.58. The third-order valence-electron chi connectivity index (χ3n) is 3.53. The van der Waals surface area contributed by atoms with Crippen molar-refractivity contribution in [2.75, 3.05) is 13.2 Å². The molecule has 3 heteroatoms. The Morgan fingerprint density at radius 3 is 2.06 bits per heavy atom. The molecule has 0 aromatic heterocycles. The third-order valence-corrected chi connectivity index (χ3v) is 8.03. The van der Waals surface area contributed by atoms with E-state index in [1.165, 1.54) is 0 Å². The molecule has 0 saturated carbocycles. The SMILES string of the molecule is CC(C)(C)[Si](C)(C)OC/C=C\CCC/C=C/CO. The maximum atomic E-state index is 8.57. The van der Waals surface area contributed by atoms with Gasteiger partial charge in [-0.1, -0.05) is 45.1 Å². The predicted octanol–water partition coefficient (Wildman–Crippen LogP) is 4.28. The number of hydrogen-bond donors (Lipinski definition) is 1. The Hall–Kier alpha value is -0.383. The van der Waals surface area contributed by atoms with Crippen molar-refractivity contribution in [1.82, 2.24) is 0 Å². The molecule has 0 atom stereocenters. The monoisotopic (exact) mass is 270 g/mol. The lowest BCUT2D eigenvalue weighted by molar-refractivity contribution is 0.327. The van der Waals surface area contributed by atoms with Crippen LogP contribution in [-0.2, 0) is 4.43 Å². The molecule has 0 aromatic carbocycles. The zero-order chi connectivity index (χ0) is 14.1. The lowest BCUT2D eigenvalue weighted by Crippen LogP contribution is -2.40. The molecule has 0 aliphatic rings. The number of allylic oxidation sites excluding steroid dienone is 2. The highest BCUT2D eigenvalue weighted by molar-refractivity contribution is 6.74. The minimum Gasteiger partial charge on any atom is -0.413 e. The molecule has 0 aromatic rings. The smallest absolute Gasteiger partial charge is 0.192 e. The van der Waals surface area contributed by atoms with Gasteiger partial charge in [-0.3, -0.25) is 0 Å². The van der Waals surface area contributed by atoms with Crippen LogP contribution in [0.1, 0.15) is 40.0 Å². The first-order valence-corrected chi connectivity index (χ1v) is 9.77. The van der Waals surface area contributed by atoms with Crippen LogP contribution < -0.4 is 0 Å². The topological polar surface area (TPSA) is 29.5 Å². The number of aliphatic hydroxyl groups excluding tert-OH is 1. The van der Waals surface area contributed by atoms with Crippen LogP contribution in [0.15, 0.2) is 24.3 Å². The van der Waals surface area contributed by atoms with Crippen LogP contribution in [0.25, 0.3) is 0 Å². The van der Waals surface area contributed by atoms with Gasteiger partial charge in [0.15, 0.2) is 8.32 Å². The number of aliphatic hydroxyl groups is 1. The average Bonchev–Trinajstić information content (AvgIpc) is 2.25. The molecule has 0 heterocycles. The van der Waals surface area contributed by atoms with Crippen molar-refractivity contribution in [3.05, 3.63) is 24.3 Å². The summed E-state index contributed by atoms with van der Waals surface area (Å²) >= 11 is 0. The molecule has 0 spiro atoms. The van der Waals surface area contributed by atoms with Crippen molar-refractivity contribution < 1.29 is 9.53 Å². The van der Waals surface area contributed by atoms with Gasteiger partial charge in [0.1, 0.15) is 0 Å². The second kappa shape index (κ2) is 8.67. The molecule has 0 aliphatic heterocycles. The fraction of sp³-hybridized carbons (Fsp3) is 0.733. The van der Waals surface area contributed by atoms with Gasteiger partial charge in [0.05, 0.1) is 13.2 Å². The molecule has 18 heavy (non-hydrogen) atoms. The highest BCUT2D eigenvalue weighted by Crippen LogP contribution is 2.36. The third kappa shape index (κ3) is 7.85. The summed E-state index contributed by atoms with van der Waals surface area (Å²) in [7, 11) is -1.58. The maximum absolute atomic E-state index is 8.57. The normalized spacial score (nSPS) is 13.9. The molecule has 106 valence electrons. The second-order valence-corrected chi connectivity index (χ2v) is 10.9. The number of unbranched alkanes of at least 4 members (excludes halogenated alkanes) is 2. The first kappa shape index (κ1) is 17.6. The van der Waals surface area contributed by atoms with E-state index in [2.05, 4.69) is 46.0 Å². The molecule has 0 fully saturated rings. The van der Waals surface area contributed by atoms with Crippen LogP contribution in [0.5, 0.6) is 0 Å². The van der Waals surface area contributed by atoms with Crippen molar-refractivity contribution >= 4 is 8.32 Å². The first-order chi connectivity index (χ1) is 8.31. The summed E-state index contributed by atoms with van der Waals surface area (Å²) in [6, 6.07) is 0. The lowest BCUT2D eigenvalue weighted by Gasteiger charge is -2.35. The summed E-state index contributed by atoms with van der Waals surface area (Å²) in [6.45, 7) is 12.2. The van der Waals surface area contributed by atoms with E-state index in [-0.39, 0.29) is 11.6 Å². The standard InChI is InChI=1S/C15H30O2Si/c1-15(2,3)18(4,5)17-14-12-10-8-6-7-9-11-13-16/h9-12,16H,6-8,13-14H2,1-5H3/b11-9+,12-10-. The molecule has 2 nitrogen and oxygen atoms in total. The molecule has 0 rings (SSSR count). The van der Waals surface area contributed by atoms with E-state index in [1.54, 1.807) is 6.08 Å². The van der Waals surface area contributed by atoms with Gasteiger partial charge in [0.2, 0.25) is 0 Å². The average molecular weight is 270 g/mol. The van der Waals surface area contributed by atoms with Crippen LogP contribution in [0.3, 0.4) is 0 Å². The van der Waals surface area contributed by atoms with Crippen LogP contribution >= 0.6 is 0 Å². The molecule has 0 unspecified atom stereocenters. The molecule has 0 radical (unpaired) electrons. The van der Waals surface area contributed by atoms with E-state index in [9.17, 15) is 0 Å². The summed E-state index contributed by atoms with van der Waals surface area (Å²) in [4.78, 5) is 0. The molecule has 1 N–H and O–H groups in total. The second-order valence-electron chi connectivity index (χ2n) is 6.13. The van der Waals surface area contributed by atoms with Gasteiger partial charge in [-0.2, -0.15) is 0 Å². The van der Waals surface area contributed by atoms with Gasteiger partial charge in [-0.05, 0) is 37.4 Å². The maximum Gasteiger partial charge on any atom is 0.192 e. The van der Waals surface area contributed by atoms with Crippen molar-refractivity contribution in [1.29, 1.82) is 0 Å². The highest BCUT2D eigenvalue weighted by atomic mass is 28.4. The van der Waals surface area contributed by atoms with E-state index in [1.807, 2.05) is 6.08 Å². The minimum absolute atomic E-state index is 0.149. The molecule has 0 saturated heterocycles. The molecule has 0 bridgehead atoms. The van der Waals surface area contributed by atoms with Crippen LogP contribution in [0.4, 0.5) is 0 Å². The first-order valence-electron chi connectivity index (χ1n) is 6.86. The zero-order valence-electron chi connectivity index (χ0n) is 12.7. The fourth-order valence-electron chi connectivity index (χ4n) is 1.20. The summed E-state index contributed by atoms with van der Waals surface area (Å²) in [5, 5.41) is 8.85. The summed E-state index contributed by atoms with van der Waals surface area (Å²) in [6.07, 6.45) is 11.4. The largest absolute Gasteiger partial charge is 0.413 e. The predicted molar refractivity (Wildman–Crippen MR) is 82.4 cm³/mol. The van der Waals surface area contributed by atoms with Crippen molar-refractivity contribution in [3.8, 4) is 0 Å². The summed E-state index contributed by atoms with van der Waals surface area (Å²) in [5.41, 5.74) is 0. The Labute approximate surface area is 114 Å². The van der Waals surface area contributed by atoms with E-state index < -0.39 is 8.32 Å². The summed E-state index contributed by atoms with van der Waals surface area (Å²) in [5.74, 6) is 0. The van der Waals surface area contributed by atoms with Gasteiger partial charge >= 0.3 is 0 Å². The van der Waals surface area contributed by atoms with E-state index in [0.29, 0.717) is 0 Å². The van der Waals surface area contributed by atoms with Gasteiger partial charge in [-0.15, -0.1) is 0 Å². The van der Waals surface area contributed by atoms with Crippen LogP contribution in [0.2, 0.25) is 18.1 Å². The molecular weight excluding hydrogens is 240 g/mol. The number of rotatable bonds is 8. The number of hydrogen-bond acceptors (Lipinski definition) is 2. The van der Waals surface area contributed by atoms with E-state index >= 15 is 0 Å². The molecular formula is C15H30O2Si. The zero-order valence-corrected chi connectivity index (χ0v) is 13.7. The van der Waals surface area contributed by atoms with Gasteiger partial charge in [0, 0.05) is 0 Å². The quantitative estimate of drug-likeness (QED) is 0.405. The molecule has 0 amide bonds. The van der Waals surface area contributed by atoms with Gasteiger partial charge in [0.25, 0.3) is 0 Å². The Balaban J connectivity index is 3.69. The van der Waals surface area contributed by atoms with Crippen molar-refractivity contribution in [3.63, 3.8) is 0 Å². The van der Waals surface area contributed by atoms with Crippen LogP contribution in [-0.4, -0.2) is 26.6 Å². The van der Waals surface area contributed by atoms with Gasteiger partial charge in [-0.25, -0.2) is 0 Å². The van der Waals surface area contributed by atoms with Crippen molar-refractivity contribution in [2.24, 2.45) is 0 Å².